The van der Waals surface area contributed by atoms with Crippen molar-refractivity contribution in [1.82, 2.24) is 14.6 Å². The maximum Gasteiger partial charge on any atom is 0.276 e. The minimum absolute atomic E-state index is 0.00560. The van der Waals surface area contributed by atoms with Gasteiger partial charge in [0, 0.05) is 30.0 Å². The fourth-order valence-electron chi connectivity index (χ4n) is 4.52. The third kappa shape index (κ3) is 5.06. The molecule has 0 amide bonds. The Morgan fingerprint density at radius 2 is 1.91 bits per heavy atom. The quantitative estimate of drug-likeness (QED) is 0.307. The Labute approximate surface area is 204 Å². The van der Waals surface area contributed by atoms with Crippen molar-refractivity contribution in [2.75, 3.05) is 23.3 Å². The molecule has 2 heterocycles. The molecule has 0 unspecified atom stereocenters. The van der Waals surface area contributed by atoms with Gasteiger partial charge in [-0.15, -0.1) is 0 Å². The minimum atomic E-state index is -0.00560. The Kier molecular flexibility index (Phi) is 8.24. The molecular weight excluding hydrogens is 422 g/mol. The first kappa shape index (κ1) is 25.6. The van der Waals surface area contributed by atoms with Gasteiger partial charge in [0.1, 0.15) is 5.69 Å². The van der Waals surface area contributed by atoms with Gasteiger partial charge >= 0.3 is 0 Å². The standard InChI is InChI=1S/C28H41N5O/c1-9-12-13-14-22-24(18(4)5)30-27-26(25(19(6)7)31-33(27)28(22)34)29-23-16-15-21(17-20(23)8)32(10-2)11-3/h15-18,29,31H,6,9-14H2,1-5,7-8H3. The molecule has 0 saturated carbocycles. The number of fused-ring (bicyclic) bond motifs is 1. The zero-order valence-corrected chi connectivity index (χ0v) is 22.0. The molecular formula is C28H41N5O. The van der Waals surface area contributed by atoms with Gasteiger partial charge in [-0.25, -0.2) is 4.98 Å². The van der Waals surface area contributed by atoms with Gasteiger partial charge in [0.05, 0.1) is 11.4 Å². The number of aryl methyl sites for hydroxylation is 1. The second kappa shape index (κ2) is 10.9. The van der Waals surface area contributed by atoms with Gasteiger partial charge in [-0.1, -0.05) is 40.2 Å². The molecule has 6 heteroatoms. The summed E-state index contributed by atoms with van der Waals surface area (Å²) in [5.74, 6) is 0.167. The van der Waals surface area contributed by atoms with E-state index in [0.29, 0.717) is 5.65 Å². The molecule has 184 valence electrons. The zero-order chi connectivity index (χ0) is 25.0. The van der Waals surface area contributed by atoms with Crippen LogP contribution in [-0.4, -0.2) is 27.7 Å². The molecule has 0 aliphatic rings. The van der Waals surface area contributed by atoms with Crippen molar-refractivity contribution in [2.45, 2.75) is 80.1 Å². The van der Waals surface area contributed by atoms with Crippen LogP contribution in [0.1, 0.15) is 89.2 Å². The molecule has 3 aromatic rings. The lowest BCUT2D eigenvalue weighted by Crippen LogP contribution is -2.23. The molecule has 0 atom stereocenters. The molecule has 34 heavy (non-hydrogen) atoms. The van der Waals surface area contributed by atoms with Crippen LogP contribution >= 0.6 is 0 Å². The van der Waals surface area contributed by atoms with Gasteiger partial charge in [0.15, 0.2) is 5.65 Å². The van der Waals surface area contributed by atoms with E-state index in [-0.39, 0.29) is 11.5 Å². The van der Waals surface area contributed by atoms with Crippen LogP contribution in [0.3, 0.4) is 0 Å². The van der Waals surface area contributed by atoms with Crippen molar-refractivity contribution in [2.24, 2.45) is 0 Å². The number of aromatic nitrogens is 3. The summed E-state index contributed by atoms with van der Waals surface area (Å²) < 4.78 is 1.60. The fourth-order valence-corrected chi connectivity index (χ4v) is 4.52. The number of H-pyrrole nitrogens is 1. The summed E-state index contributed by atoms with van der Waals surface area (Å²) in [7, 11) is 0. The highest BCUT2D eigenvalue weighted by molar-refractivity contribution is 5.86. The number of aromatic amines is 1. The summed E-state index contributed by atoms with van der Waals surface area (Å²) in [5, 5.41) is 6.87. The van der Waals surface area contributed by atoms with E-state index < -0.39 is 0 Å². The molecule has 6 nitrogen and oxygen atoms in total. The lowest BCUT2D eigenvalue weighted by Gasteiger charge is -2.22. The van der Waals surface area contributed by atoms with Gasteiger partial charge in [-0.2, -0.15) is 4.52 Å². The SMILES string of the molecule is C=C(C)c1[nH]n2c(=O)c(CCCCC)c(C(C)C)nc2c1Nc1ccc(N(CC)CC)cc1C. The highest BCUT2D eigenvalue weighted by atomic mass is 16.1. The highest BCUT2D eigenvalue weighted by Crippen LogP contribution is 2.32. The van der Waals surface area contributed by atoms with E-state index in [1.165, 1.54) is 5.69 Å². The minimum Gasteiger partial charge on any atom is -0.372 e. The lowest BCUT2D eigenvalue weighted by molar-refractivity contribution is 0.685. The molecule has 0 saturated heterocycles. The number of nitrogens with one attached hydrogen (secondary N) is 2. The predicted molar refractivity (Wildman–Crippen MR) is 146 cm³/mol. The Morgan fingerprint density at radius 1 is 1.21 bits per heavy atom. The van der Waals surface area contributed by atoms with E-state index in [9.17, 15) is 4.79 Å². The summed E-state index contributed by atoms with van der Waals surface area (Å²) in [6, 6.07) is 6.45. The molecule has 0 aliphatic carbocycles. The molecule has 0 radical (unpaired) electrons. The van der Waals surface area contributed by atoms with E-state index in [4.69, 9.17) is 4.98 Å². The zero-order valence-electron chi connectivity index (χ0n) is 22.0. The fraction of sp³-hybridized carbons (Fsp3) is 0.500. The van der Waals surface area contributed by atoms with Crippen LogP contribution in [0.15, 0.2) is 29.6 Å². The number of allylic oxidation sites excluding steroid dienone is 1. The van der Waals surface area contributed by atoms with Crippen molar-refractivity contribution >= 4 is 28.3 Å². The van der Waals surface area contributed by atoms with Gasteiger partial charge in [0.2, 0.25) is 0 Å². The van der Waals surface area contributed by atoms with Gasteiger partial charge in [0.25, 0.3) is 5.56 Å². The number of hydrogen-bond acceptors (Lipinski definition) is 4. The number of unbranched alkanes of at least 4 members (excludes halogenated alkanes) is 2. The molecule has 0 spiro atoms. The smallest absolute Gasteiger partial charge is 0.276 e. The van der Waals surface area contributed by atoms with Crippen LogP contribution in [0.25, 0.3) is 11.2 Å². The van der Waals surface area contributed by atoms with Crippen molar-refractivity contribution in [3.8, 4) is 0 Å². The Morgan fingerprint density at radius 3 is 2.47 bits per heavy atom. The van der Waals surface area contributed by atoms with Gasteiger partial charge in [-0.3, -0.25) is 9.89 Å². The van der Waals surface area contributed by atoms with E-state index in [0.717, 1.165) is 78.2 Å². The molecule has 0 bridgehead atoms. The molecule has 2 aromatic heterocycles. The summed E-state index contributed by atoms with van der Waals surface area (Å²) in [6.07, 6.45) is 3.98. The third-order valence-electron chi connectivity index (χ3n) is 6.51. The van der Waals surface area contributed by atoms with Crippen molar-refractivity contribution in [3.05, 3.63) is 57.6 Å². The summed E-state index contributed by atoms with van der Waals surface area (Å²) >= 11 is 0. The maximum atomic E-state index is 13.6. The van der Waals surface area contributed by atoms with E-state index >= 15 is 0 Å². The number of anilines is 3. The largest absolute Gasteiger partial charge is 0.372 e. The van der Waals surface area contributed by atoms with E-state index in [2.05, 4.69) is 81.6 Å². The van der Waals surface area contributed by atoms with Crippen LogP contribution in [0.5, 0.6) is 0 Å². The molecule has 1 aromatic carbocycles. The topological polar surface area (TPSA) is 65.4 Å². The monoisotopic (exact) mass is 463 g/mol. The van der Waals surface area contributed by atoms with Crippen LogP contribution < -0.4 is 15.8 Å². The molecule has 3 rings (SSSR count). The number of rotatable bonds is 11. The number of benzene rings is 1. The van der Waals surface area contributed by atoms with Crippen molar-refractivity contribution < 1.29 is 0 Å². The first-order chi connectivity index (χ1) is 16.2. The summed E-state index contributed by atoms with van der Waals surface area (Å²) in [6.45, 7) is 20.9. The van der Waals surface area contributed by atoms with Gasteiger partial charge in [-0.05, 0) is 75.8 Å². The molecule has 2 N–H and O–H groups in total. The molecule has 0 fully saturated rings. The average molecular weight is 464 g/mol. The Balaban J connectivity index is 2.14. The second-order valence-electron chi connectivity index (χ2n) is 9.49. The summed E-state index contributed by atoms with van der Waals surface area (Å²) in [4.78, 5) is 20.9. The predicted octanol–water partition coefficient (Wildman–Crippen LogP) is 6.81. The number of hydrogen-bond donors (Lipinski definition) is 2. The van der Waals surface area contributed by atoms with Gasteiger partial charge < -0.3 is 10.2 Å². The van der Waals surface area contributed by atoms with E-state index in [1.807, 2.05) is 6.92 Å². The summed E-state index contributed by atoms with van der Waals surface area (Å²) in [5.41, 5.74) is 8.12. The van der Waals surface area contributed by atoms with Crippen LogP contribution in [0.2, 0.25) is 0 Å². The first-order valence-electron chi connectivity index (χ1n) is 12.7. The second-order valence-corrected chi connectivity index (χ2v) is 9.49. The van der Waals surface area contributed by atoms with Crippen LogP contribution in [0.4, 0.5) is 17.1 Å². The van der Waals surface area contributed by atoms with Crippen molar-refractivity contribution in [1.29, 1.82) is 0 Å². The normalized spacial score (nSPS) is 11.4. The third-order valence-corrected chi connectivity index (χ3v) is 6.51. The van der Waals surface area contributed by atoms with Crippen molar-refractivity contribution in [3.63, 3.8) is 0 Å². The average Bonchev–Trinajstić information content (AvgIpc) is 3.16. The highest BCUT2D eigenvalue weighted by Gasteiger charge is 2.22. The Hall–Kier alpha value is -3.02. The van der Waals surface area contributed by atoms with Crippen LogP contribution in [-0.2, 0) is 6.42 Å². The Bertz CT molecular complexity index is 1210. The van der Waals surface area contributed by atoms with Crippen LogP contribution in [0, 0.1) is 6.92 Å². The first-order valence-corrected chi connectivity index (χ1v) is 12.7. The lowest BCUT2D eigenvalue weighted by atomic mass is 10.00. The molecule has 0 aliphatic heterocycles. The number of nitrogens with zero attached hydrogens (tertiary/aromatic N) is 3. The van der Waals surface area contributed by atoms with E-state index in [1.54, 1.807) is 4.52 Å². The maximum absolute atomic E-state index is 13.6.